The highest BCUT2D eigenvalue weighted by atomic mass is 16.1. The second-order valence-electron chi connectivity index (χ2n) is 5.06. The molecule has 1 saturated carbocycles. The van der Waals surface area contributed by atoms with Gasteiger partial charge in [0.2, 0.25) is 5.91 Å². The van der Waals surface area contributed by atoms with Gasteiger partial charge in [-0.05, 0) is 25.7 Å². The monoisotopic (exact) mass is 237 g/mol. The molecule has 1 amide bonds. The van der Waals surface area contributed by atoms with Gasteiger partial charge in [0.15, 0.2) is 0 Å². The minimum atomic E-state index is -0.269. The van der Waals surface area contributed by atoms with Gasteiger partial charge in [-0.25, -0.2) is 0 Å². The fourth-order valence-corrected chi connectivity index (χ4v) is 2.37. The zero-order valence-corrected chi connectivity index (χ0v) is 10.5. The molecule has 1 aliphatic carbocycles. The first-order valence-corrected chi connectivity index (χ1v) is 6.59. The van der Waals surface area contributed by atoms with Gasteiger partial charge >= 0.3 is 0 Å². The van der Waals surface area contributed by atoms with Crippen LogP contribution >= 0.6 is 0 Å². The normalized spacial score (nSPS) is 18.4. The summed E-state index contributed by atoms with van der Waals surface area (Å²) in [5.41, 5.74) is 5.94. The van der Waals surface area contributed by atoms with Gasteiger partial charge in [-0.1, -0.05) is 19.3 Å². The molecule has 0 aromatic rings. The van der Waals surface area contributed by atoms with Crippen molar-refractivity contribution in [3.63, 3.8) is 0 Å². The van der Waals surface area contributed by atoms with Gasteiger partial charge in [-0.2, -0.15) is 5.26 Å². The van der Waals surface area contributed by atoms with E-state index in [2.05, 4.69) is 11.4 Å². The van der Waals surface area contributed by atoms with Crippen molar-refractivity contribution in [1.82, 2.24) is 5.32 Å². The van der Waals surface area contributed by atoms with Crippen molar-refractivity contribution in [1.29, 1.82) is 5.26 Å². The number of amides is 1. The van der Waals surface area contributed by atoms with Crippen LogP contribution in [-0.2, 0) is 4.79 Å². The lowest BCUT2D eigenvalue weighted by Crippen LogP contribution is -2.46. The number of nitriles is 1. The standard InChI is InChI=1S/C13H23N3O/c14-9-5-2-6-10-16-12(17)11-13(15)7-3-1-4-8-13/h1-8,10-11,15H2,(H,16,17). The molecule has 0 radical (unpaired) electrons. The van der Waals surface area contributed by atoms with Crippen LogP contribution in [-0.4, -0.2) is 18.0 Å². The van der Waals surface area contributed by atoms with Crippen molar-refractivity contribution in [2.45, 2.75) is 63.3 Å². The number of nitrogens with two attached hydrogens (primary N) is 1. The van der Waals surface area contributed by atoms with Crippen LogP contribution < -0.4 is 11.1 Å². The number of rotatable bonds is 6. The minimum Gasteiger partial charge on any atom is -0.356 e. The summed E-state index contributed by atoms with van der Waals surface area (Å²) in [6.07, 6.45) is 8.21. The van der Waals surface area contributed by atoms with E-state index in [1.165, 1.54) is 6.42 Å². The van der Waals surface area contributed by atoms with Gasteiger partial charge in [0, 0.05) is 24.9 Å². The number of carbonyl (C=O) groups is 1. The van der Waals surface area contributed by atoms with E-state index in [1.807, 2.05) is 0 Å². The molecule has 3 N–H and O–H groups in total. The molecule has 0 bridgehead atoms. The third kappa shape index (κ3) is 5.69. The molecule has 0 atom stereocenters. The molecule has 0 saturated heterocycles. The van der Waals surface area contributed by atoms with E-state index in [1.54, 1.807) is 0 Å². The van der Waals surface area contributed by atoms with Crippen molar-refractivity contribution in [3.05, 3.63) is 0 Å². The molecule has 4 nitrogen and oxygen atoms in total. The number of nitrogens with zero attached hydrogens (tertiary/aromatic N) is 1. The molecule has 0 aromatic carbocycles. The lowest BCUT2D eigenvalue weighted by Gasteiger charge is -2.32. The fourth-order valence-electron chi connectivity index (χ4n) is 2.37. The van der Waals surface area contributed by atoms with Gasteiger partial charge in [0.25, 0.3) is 0 Å². The van der Waals surface area contributed by atoms with Gasteiger partial charge in [-0.3, -0.25) is 4.79 Å². The summed E-state index contributed by atoms with van der Waals surface area (Å²) in [6.45, 7) is 0.663. The van der Waals surface area contributed by atoms with Gasteiger partial charge in [0.05, 0.1) is 6.07 Å². The van der Waals surface area contributed by atoms with Crippen LogP contribution in [0.3, 0.4) is 0 Å². The summed E-state index contributed by atoms with van der Waals surface area (Å²) in [7, 11) is 0. The molecule has 1 aliphatic rings. The lowest BCUT2D eigenvalue weighted by molar-refractivity contribution is -0.122. The quantitative estimate of drug-likeness (QED) is 0.692. The number of nitrogens with one attached hydrogen (secondary N) is 1. The van der Waals surface area contributed by atoms with Crippen molar-refractivity contribution in [3.8, 4) is 6.07 Å². The minimum absolute atomic E-state index is 0.0614. The second kappa shape index (κ2) is 7.29. The highest BCUT2D eigenvalue weighted by Crippen LogP contribution is 2.28. The van der Waals surface area contributed by atoms with Crippen LogP contribution in [0.5, 0.6) is 0 Å². The van der Waals surface area contributed by atoms with Crippen molar-refractivity contribution in [2.75, 3.05) is 6.54 Å². The molecular weight excluding hydrogens is 214 g/mol. The third-order valence-corrected chi connectivity index (χ3v) is 3.40. The summed E-state index contributed by atoms with van der Waals surface area (Å²) in [4.78, 5) is 11.7. The molecule has 0 spiro atoms. The van der Waals surface area contributed by atoms with Gasteiger partial charge < -0.3 is 11.1 Å². The maximum absolute atomic E-state index is 11.7. The maximum atomic E-state index is 11.7. The van der Waals surface area contributed by atoms with Crippen LogP contribution in [0.15, 0.2) is 0 Å². The second-order valence-corrected chi connectivity index (χ2v) is 5.06. The van der Waals surface area contributed by atoms with Crippen LogP contribution in [0, 0.1) is 11.3 Å². The number of unbranched alkanes of at least 4 members (excludes halogenated alkanes) is 2. The van der Waals surface area contributed by atoms with E-state index in [0.29, 0.717) is 19.4 Å². The van der Waals surface area contributed by atoms with Gasteiger partial charge in [0.1, 0.15) is 0 Å². The van der Waals surface area contributed by atoms with E-state index < -0.39 is 0 Å². The average Bonchev–Trinajstić information content (AvgIpc) is 2.29. The Morgan fingerprint density at radius 1 is 1.29 bits per heavy atom. The first-order chi connectivity index (χ1) is 8.16. The van der Waals surface area contributed by atoms with Crippen LogP contribution in [0.4, 0.5) is 0 Å². The molecule has 0 heterocycles. The zero-order valence-electron chi connectivity index (χ0n) is 10.5. The van der Waals surface area contributed by atoms with Crippen molar-refractivity contribution in [2.24, 2.45) is 5.73 Å². The molecule has 96 valence electrons. The number of carbonyl (C=O) groups excluding carboxylic acids is 1. The van der Waals surface area contributed by atoms with Gasteiger partial charge in [-0.15, -0.1) is 0 Å². The average molecular weight is 237 g/mol. The highest BCUT2D eigenvalue weighted by molar-refractivity contribution is 5.77. The predicted molar refractivity (Wildman–Crippen MR) is 67.1 cm³/mol. The molecule has 0 aromatic heterocycles. The third-order valence-electron chi connectivity index (χ3n) is 3.40. The Balaban J connectivity index is 2.13. The van der Waals surface area contributed by atoms with Crippen molar-refractivity contribution >= 4 is 5.91 Å². The van der Waals surface area contributed by atoms with E-state index in [-0.39, 0.29) is 11.4 Å². The highest BCUT2D eigenvalue weighted by Gasteiger charge is 2.29. The molecule has 0 unspecified atom stereocenters. The maximum Gasteiger partial charge on any atom is 0.221 e. The van der Waals surface area contributed by atoms with E-state index in [9.17, 15) is 4.79 Å². The molecule has 1 rings (SSSR count). The first-order valence-electron chi connectivity index (χ1n) is 6.59. The Bertz CT molecular complexity index is 277. The summed E-state index contributed by atoms with van der Waals surface area (Å²) in [6, 6.07) is 2.09. The Hall–Kier alpha value is -1.08. The van der Waals surface area contributed by atoms with Crippen LogP contribution in [0.1, 0.15) is 57.8 Å². The van der Waals surface area contributed by atoms with Crippen LogP contribution in [0.2, 0.25) is 0 Å². The Morgan fingerprint density at radius 2 is 2.00 bits per heavy atom. The molecular formula is C13H23N3O. The SMILES string of the molecule is N#CCCCCNC(=O)CC1(N)CCCCC1. The molecule has 1 fully saturated rings. The van der Waals surface area contributed by atoms with E-state index >= 15 is 0 Å². The number of hydrogen-bond acceptors (Lipinski definition) is 3. The Labute approximate surface area is 104 Å². The Morgan fingerprint density at radius 3 is 2.65 bits per heavy atom. The fraction of sp³-hybridized carbons (Fsp3) is 0.846. The first kappa shape index (κ1) is 14.0. The largest absolute Gasteiger partial charge is 0.356 e. The number of hydrogen-bond donors (Lipinski definition) is 2. The van der Waals surface area contributed by atoms with E-state index in [0.717, 1.165) is 38.5 Å². The zero-order chi connectivity index (χ0) is 12.6. The molecule has 17 heavy (non-hydrogen) atoms. The molecule has 0 aliphatic heterocycles. The Kier molecular flexibility index (Phi) is 5.99. The van der Waals surface area contributed by atoms with Crippen LogP contribution in [0.25, 0.3) is 0 Å². The smallest absolute Gasteiger partial charge is 0.221 e. The molecule has 4 heteroatoms. The topological polar surface area (TPSA) is 78.9 Å². The summed E-state index contributed by atoms with van der Waals surface area (Å²) in [5.74, 6) is 0.0614. The lowest BCUT2D eigenvalue weighted by atomic mass is 9.80. The van der Waals surface area contributed by atoms with E-state index in [4.69, 9.17) is 11.0 Å². The summed E-state index contributed by atoms with van der Waals surface area (Å²) < 4.78 is 0. The summed E-state index contributed by atoms with van der Waals surface area (Å²) >= 11 is 0. The summed E-state index contributed by atoms with van der Waals surface area (Å²) in [5, 5.41) is 11.3. The predicted octanol–water partition coefficient (Wildman–Crippen LogP) is 1.85. The van der Waals surface area contributed by atoms with Crippen molar-refractivity contribution < 1.29 is 4.79 Å².